The predicted octanol–water partition coefficient (Wildman–Crippen LogP) is 2.13. The average Bonchev–Trinajstić information content (AvgIpc) is 3.26. The Labute approximate surface area is 174 Å². The van der Waals surface area contributed by atoms with E-state index in [1.54, 1.807) is 24.3 Å². The van der Waals surface area contributed by atoms with Crippen LogP contribution in [-0.2, 0) is 14.8 Å². The van der Waals surface area contributed by atoms with Crippen LogP contribution in [0.1, 0.15) is 51.5 Å². The molecule has 1 aromatic carbocycles. The summed E-state index contributed by atoms with van der Waals surface area (Å²) >= 11 is 0. The number of nitrogens with one attached hydrogen (secondary N) is 2. The molecule has 1 unspecified atom stereocenters. The van der Waals surface area contributed by atoms with Crippen LogP contribution >= 0.6 is 0 Å². The standard InChI is InChI=1S/C21H32N4O3S/c1-16(2)25-13-11-17(15-25)14-23-20(26)10-4-3-7-12-22-21-18-8-5-6-9-19(18)29(27,28)24-21/h5-6,8-9,16-17H,3-4,7,10-15H2,1-2H3,(H,22,24)(H,23,26). The molecule has 3 rings (SSSR count). The van der Waals surface area contributed by atoms with Gasteiger partial charge < -0.3 is 10.2 Å². The molecule has 0 bridgehead atoms. The summed E-state index contributed by atoms with van der Waals surface area (Å²) < 4.78 is 26.6. The number of rotatable bonds is 9. The lowest BCUT2D eigenvalue weighted by atomic mass is 10.1. The van der Waals surface area contributed by atoms with Gasteiger partial charge in [0.15, 0.2) is 0 Å². The van der Waals surface area contributed by atoms with Gasteiger partial charge in [-0.1, -0.05) is 18.6 Å². The summed E-state index contributed by atoms with van der Waals surface area (Å²) in [6.45, 7) is 7.95. The maximum atomic E-state index is 12.0. The van der Waals surface area contributed by atoms with Crippen molar-refractivity contribution >= 4 is 21.8 Å². The Morgan fingerprint density at radius 1 is 1.28 bits per heavy atom. The van der Waals surface area contributed by atoms with Crippen molar-refractivity contribution in [1.29, 1.82) is 0 Å². The van der Waals surface area contributed by atoms with E-state index in [1.165, 1.54) is 0 Å². The second kappa shape index (κ2) is 9.71. The summed E-state index contributed by atoms with van der Waals surface area (Å²) in [4.78, 5) is 19.2. The third kappa shape index (κ3) is 5.79. The minimum atomic E-state index is -3.47. The average molecular weight is 421 g/mol. The first-order valence-corrected chi connectivity index (χ1v) is 12.0. The fourth-order valence-corrected chi connectivity index (χ4v) is 5.11. The smallest absolute Gasteiger partial charge is 0.263 e. The second-order valence-electron chi connectivity index (χ2n) is 8.19. The zero-order chi connectivity index (χ0) is 20.9. The van der Waals surface area contributed by atoms with E-state index in [9.17, 15) is 13.2 Å². The van der Waals surface area contributed by atoms with Gasteiger partial charge in [0.2, 0.25) is 5.91 Å². The van der Waals surface area contributed by atoms with E-state index in [4.69, 9.17) is 0 Å². The SMILES string of the molecule is CC(C)N1CCC(CNC(=O)CCCCCN=C2NS(=O)(=O)c3ccccc32)C1. The summed E-state index contributed by atoms with van der Waals surface area (Å²) in [6.07, 6.45) is 4.23. The van der Waals surface area contributed by atoms with Gasteiger partial charge in [0, 0.05) is 37.7 Å². The highest BCUT2D eigenvalue weighted by Gasteiger charge is 2.29. The molecule has 2 heterocycles. The van der Waals surface area contributed by atoms with Crippen LogP contribution in [0.5, 0.6) is 0 Å². The lowest BCUT2D eigenvalue weighted by Gasteiger charge is -2.20. The zero-order valence-electron chi connectivity index (χ0n) is 17.4. The van der Waals surface area contributed by atoms with E-state index in [0.29, 0.717) is 36.3 Å². The maximum Gasteiger partial charge on any atom is 0.263 e. The number of benzene rings is 1. The number of carbonyl (C=O) groups excluding carboxylic acids is 1. The second-order valence-corrected chi connectivity index (χ2v) is 9.84. The van der Waals surface area contributed by atoms with Crippen molar-refractivity contribution in [2.45, 2.75) is 56.9 Å². The monoisotopic (exact) mass is 420 g/mol. The van der Waals surface area contributed by atoms with E-state index in [0.717, 1.165) is 45.3 Å². The Kier molecular flexibility index (Phi) is 7.29. The molecule has 2 aliphatic heterocycles. The normalized spacial score (nSPS) is 22.0. The highest BCUT2D eigenvalue weighted by Crippen LogP contribution is 2.22. The Morgan fingerprint density at radius 2 is 2.07 bits per heavy atom. The van der Waals surface area contributed by atoms with Crippen LogP contribution in [0.3, 0.4) is 0 Å². The molecule has 1 fully saturated rings. The molecule has 1 aromatic rings. The zero-order valence-corrected chi connectivity index (χ0v) is 18.2. The van der Waals surface area contributed by atoms with Gasteiger partial charge in [0.1, 0.15) is 5.84 Å². The molecule has 2 N–H and O–H groups in total. The summed E-state index contributed by atoms with van der Waals surface area (Å²) in [5, 5.41) is 3.07. The van der Waals surface area contributed by atoms with Gasteiger partial charge in [-0.3, -0.25) is 14.5 Å². The van der Waals surface area contributed by atoms with Crippen molar-refractivity contribution in [2.75, 3.05) is 26.2 Å². The Morgan fingerprint density at radius 3 is 2.83 bits per heavy atom. The van der Waals surface area contributed by atoms with E-state index in [2.05, 4.69) is 33.8 Å². The Bertz CT molecular complexity index is 851. The summed E-state index contributed by atoms with van der Waals surface area (Å²) in [6, 6.07) is 7.44. The molecule has 1 atom stereocenters. The first-order chi connectivity index (χ1) is 13.9. The van der Waals surface area contributed by atoms with Crippen molar-refractivity contribution in [1.82, 2.24) is 14.9 Å². The van der Waals surface area contributed by atoms with Gasteiger partial charge in [-0.2, -0.15) is 0 Å². The molecule has 0 radical (unpaired) electrons. The van der Waals surface area contributed by atoms with Gasteiger partial charge in [-0.05, 0) is 57.7 Å². The molecule has 1 amide bonds. The first kappa shape index (κ1) is 21.8. The number of amidine groups is 1. The van der Waals surface area contributed by atoms with E-state index in [1.807, 2.05) is 0 Å². The van der Waals surface area contributed by atoms with Crippen molar-refractivity contribution in [3.63, 3.8) is 0 Å². The summed E-state index contributed by atoms with van der Waals surface area (Å²) in [5.74, 6) is 1.11. The number of unbranched alkanes of at least 4 members (excludes halogenated alkanes) is 2. The molecular weight excluding hydrogens is 388 g/mol. The molecular formula is C21H32N4O3S. The third-order valence-corrected chi connectivity index (χ3v) is 7.03. The van der Waals surface area contributed by atoms with Crippen LogP contribution in [0.15, 0.2) is 34.2 Å². The van der Waals surface area contributed by atoms with Crippen molar-refractivity contribution < 1.29 is 13.2 Å². The van der Waals surface area contributed by atoms with Crippen molar-refractivity contribution in [3.8, 4) is 0 Å². The molecule has 1 saturated heterocycles. The van der Waals surface area contributed by atoms with Crippen LogP contribution in [0.25, 0.3) is 0 Å². The lowest BCUT2D eigenvalue weighted by molar-refractivity contribution is -0.121. The molecule has 29 heavy (non-hydrogen) atoms. The van der Waals surface area contributed by atoms with Crippen LogP contribution in [0, 0.1) is 5.92 Å². The number of likely N-dealkylation sites (tertiary alicyclic amines) is 1. The number of amides is 1. The molecule has 7 nitrogen and oxygen atoms in total. The van der Waals surface area contributed by atoms with Gasteiger partial charge in [0.25, 0.3) is 10.0 Å². The predicted molar refractivity (Wildman–Crippen MR) is 114 cm³/mol. The highest BCUT2D eigenvalue weighted by atomic mass is 32.2. The minimum absolute atomic E-state index is 0.122. The molecule has 0 aromatic heterocycles. The number of hydrogen-bond acceptors (Lipinski definition) is 5. The van der Waals surface area contributed by atoms with Crippen LogP contribution in [-0.4, -0.2) is 57.3 Å². The number of fused-ring (bicyclic) bond motifs is 1. The van der Waals surface area contributed by atoms with Crippen LogP contribution in [0.4, 0.5) is 0 Å². The molecule has 0 saturated carbocycles. The lowest BCUT2D eigenvalue weighted by Crippen LogP contribution is -2.32. The van der Waals surface area contributed by atoms with Crippen LogP contribution < -0.4 is 10.0 Å². The fraction of sp³-hybridized carbons (Fsp3) is 0.619. The van der Waals surface area contributed by atoms with Gasteiger partial charge in [-0.25, -0.2) is 8.42 Å². The maximum absolute atomic E-state index is 12.0. The minimum Gasteiger partial charge on any atom is -0.356 e. The Balaban J connectivity index is 1.31. The molecule has 8 heteroatoms. The van der Waals surface area contributed by atoms with Crippen molar-refractivity contribution in [2.24, 2.45) is 10.9 Å². The molecule has 0 spiro atoms. The van der Waals surface area contributed by atoms with Gasteiger partial charge in [-0.15, -0.1) is 0 Å². The molecule has 160 valence electrons. The fourth-order valence-electron chi connectivity index (χ4n) is 3.86. The number of nitrogens with zero attached hydrogens (tertiary/aromatic N) is 2. The summed E-state index contributed by atoms with van der Waals surface area (Å²) in [5.41, 5.74) is 0.634. The van der Waals surface area contributed by atoms with Crippen LogP contribution in [0.2, 0.25) is 0 Å². The van der Waals surface area contributed by atoms with Gasteiger partial charge >= 0.3 is 0 Å². The largest absolute Gasteiger partial charge is 0.356 e. The van der Waals surface area contributed by atoms with E-state index in [-0.39, 0.29) is 10.8 Å². The number of hydrogen-bond donors (Lipinski definition) is 2. The van der Waals surface area contributed by atoms with E-state index >= 15 is 0 Å². The summed E-state index contributed by atoms with van der Waals surface area (Å²) in [7, 11) is -3.47. The Hall–Kier alpha value is -1.93. The topological polar surface area (TPSA) is 90.9 Å². The molecule has 0 aliphatic carbocycles. The molecule has 2 aliphatic rings. The number of carbonyl (C=O) groups is 1. The first-order valence-electron chi connectivity index (χ1n) is 10.5. The number of aliphatic imine (C=N–C) groups is 1. The third-order valence-electron chi connectivity index (χ3n) is 5.63. The quantitative estimate of drug-likeness (QED) is 0.599. The van der Waals surface area contributed by atoms with Crippen molar-refractivity contribution in [3.05, 3.63) is 29.8 Å². The van der Waals surface area contributed by atoms with Gasteiger partial charge in [0.05, 0.1) is 4.90 Å². The van der Waals surface area contributed by atoms with E-state index < -0.39 is 10.0 Å². The highest BCUT2D eigenvalue weighted by molar-refractivity contribution is 7.90. The number of sulfonamides is 1.